The van der Waals surface area contributed by atoms with Crippen molar-refractivity contribution in [1.82, 2.24) is 19.9 Å². The van der Waals surface area contributed by atoms with E-state index in [1.165, 1.54) is 45.3 Å². The van der Waals surface area contributed by atoms with Crippen molar-refractivity contribution in [1.29, 1.82) is 0 Å². The highest BCUT2D eigenvalue weighted by atomic mass is 79.9. The number of fused-ring (bicyclic) bond motifs is 8. The van der Waals surface area contributed by atoms with E-state index < -0.39 is 0 Å². The topological polar surface area (TPSA) is 266 Å². The van der Waals surface area contributed by atoms with Crippen LogP contribution in [0.25, 0.3) is 134 Å². The first-order valence-corrected chi connectivity index (χ1v) is 30.7. The maximum Gasteiger partial charge on any atom is 0.188 e. The summed E-state index contributed by atoms with van der Waals surface area (Å²) in [6.07, 6.45) is 0. The van der Waals surface area contributed by atoms with Crippen LogP contribution in [-0.2, 0) is 0 Å². The van der Waals surface area contributed by atoms with E-state index in [-0.39, 0.29) is 25.9 Å². The van der Waals surface area contributed by atoms with Gasteiger partial charge in [-0.15, -0.1) is 19.6 Å². The van der Waals surface area contributed by atoms with Crippen LogP contribution in [0.3, 0.4) is 0 Å². The molecule has 0 spiro atoms. The summed E-state index contributed by atoms with van der Waals surface area (Å²) in [7, 11) is 0. The zero-order valence-corrected chi connectivity index (χ0v) is 50.3. The summed E-state index contributed by atoms with van der Waals surface area (Å²) in [6.45, 7) is 9.07. The third-order valence-corrected chi connectivity index (χ3v) is 19.3. The first-order valence-electron chi connectivity index (χ1n) is 26.6. The molecular formula is C66H40BrN9O8S4. The molecule has 17 nitrogen and oxygen atoms in total. The molecule has 0 atom stereocenters. The van der Waals surface area contributed by atoms with Gasteiger partial charge in [0.05, 0.1) is 51.6 Å². The number of thiophene rings is 4. The second kappa shape index (κ2) is 23.3. The second-order valence-electron chi connectivity index (χ2n) is 20.0. The lowest BCUT2D eigenvalue weighted by Gasteiger charge is -1.98. The summed E-state index contributed by atoms with van der Waals surface area (Å²) >= 11 is 8.54. The molecule has 0 aliphatic rings. The minimum atomic E-state index is 0.132. The molecule has 0 unspecified atom stereocenters. The molecule has 0 amide bonds. The second-order valence-corrected chi connectivity index (χ2v) is 25.0. The van der Waals surface area contributed by atoms with Crippen LogP contribution in [0.4, 0.5) is 28.4 Å². The minimum absolute atomic E-state index is 0.132. The van der Waals surface area contributed by atoms with Crippen LogP contribution in [-0.4, -0.2) is 40.4 Å². The Balaban J connectivity index is 0.000000108. The van der Waals surface area contributed by atoms with Crippen molar-refractivity contribution in [3.05, 3.63) is 217 Å². The van der Waals surface area contributed by atoms with Gasteiger partial charge < -0.3 is 40.4 Å². The van der Waals surface area contributed by atoms with Gasteiger partial charge in [0, 0.05) is 88.4 Å². The maximum atomic E-state index is 11.4. The van der Waals surface area contributed by atoms with Gasteiger partial charge in [0.25, 0.3) is 0 Å². The molecule has 8 heterocycles. The number of halogens is 1. The smallest absolute Gasteiger partial charge is 0.188 e. The van der Waals surface area contributed by atoms with Crippen LogP contribution in [0.1, 0.15) is 5.56 Å². The summed E-state index contributed by atoms with van der Waals surface area (Å²) in [4.78, 5) is 61.7. The lowest BCUT2D eigenvalue weighted by molar-refractivity contribution is 0.492. The average molecular weight is 1300 g/mol. The van der Waals surface area contributed by atoms with Crippen molar-refractivity contribution >= 4 is 174 Å². The zero-order valence-electron chi connectivity index (χ0n) is 45.4. The van der Waals surface area contributed by atoms with Gasteiger partial charge in [-0.05, 0) is 100 Å². The number of nitroso groups, excluding NO2 is 4. The highest BCUT2D eigenvalue weighted by molar-refractivity contribution is 9.10. The molecule has 8 aromatic carbocycles. The molecule has 0 bridgehead atoms. The minimum Gasteiger partial charge on any atom is -0.499 e. The largest absolute Gasteiger partial charge is 0.499 e. The number of aryl methyl sites for hydroxylation is 1. The van der Waals surface area contributed by atoms with Gasteiger partial charge in [0.2, 0.25) is 0 Å². The van der Waals surface area contributed by atoms with E-state index in [1.807, 2.05) is 165 Å². The molecule has 0 fully saturated rings. The number of aromatic hydroxyl groups is 4. The van der Waals surface area contributed by atoms with Crippen LogP contribution >= 0.6 is 61.3 Å². The van der Waals surface area contributed by atoms with Crippen molar-refractivity contribution in [3.63, 3.8) is 0 Å². The number of nitrogens with one attached hydrogen (secondary N) is 4. The fourth-order valence-corrected chi connectivity index (χ4v) is 15.2. The van der Waals surface area contributed by atoms with Gasteiger partial charge >= 0.3 is 0 Å². The van der Waals surface area contributed by atoms with E-state index >= 15 is 0 Å². The SMILES string of the molecule is Cc1ccc2[nH]c(-c3c(O)sc4ccccc34)c(N=O)c2c1.O=Nc1c(-c2c(O)sc3ccccc23)[nH]c2ccc(Br)cc12.O=Nc1c(-c2c(O)sc3ccccc23)[nH]c2ccccc12.[C-]#[N+]c1ccc2[nH]c(-c3c(O)sc4ccccc34)c(N=O)c2c1. The van der Waals surface area contributed by atoms with E-state index in [0.29, 0.717) is 78.7 Å². The maximum absolute atomic E-state index is 11.4. The summed E-state index contributed by atoms with van der Waals surface area (Å²) in [5, 5.41) is 61.2. The number of hydrogen-bond donors (Lipinski definition) is 8. The van der Waals surface area contributed by atoms with Crippen molar-refractivity contribution < 1.29 is 20.4 Å². The van der Waals surface area contributed by atoms with Gasteiger partial charge in [-0.25, -0.2) is 4.85 Å². The van der Waals surface area contributed by atoms with Gasteiger partial charge in [-0.1, -0.05) is 170 Å². The number of nitrogens with zero attached hydrogens (tertiary/aromatic N) is 5. The predicted molar refractivity (Wildman–Crippen MR) is 364 cm³/mol. The Hall–Kier alpha value is -10.7. The number of rotatable bonds is 8. The van der Waals surface area contributed by atoms with E-state index in [0.717, 1.165) is 83.1 Å². The highest BCUT2D eigenvalue weighted by Crippen LogP contribution is 2.53. The molecule has 16 aromatic rings. The van der Waals surface area contributed by atoms with Crippen LogP contribution in [0, 0.1) is 33.1 Å². The number of para-hydroxylation sites is 1. The van der Waals surface area contributed by atoms with Gasteiger partial charge in [0.15, 0.2) is 25.9 Å². The van der Waals surface area contributed by atoms with Gasteiger partial charge in [0.1, 0.15) is 22.7 Å². The van der Waals surface area contributed by atoms with Crippen LogP contribution < -0.4 is 0 Å². The first-order chi connectivity index (χ1) is 42.9. The lowest BCUT2D eigenvalue weighted by atomic mass is 10.1. The Morgan fingerprint density at radius 1 is 0.375 bits per heavy atom. The summed E-state index contributed by atoms with van der Waals surface area (Å²) in [6, 6.07) is 54.7. The van der Waals surface area contributed by atoms with E-state index in [2.05, 4.69) is 61.4 Å². The van der Waals surface area contributed by atoms with Crippen molar-refractivity contribution in [2.24, 2.45) is 20.7 Å². The molecule has 428 valence electrons. The fourth-order valence-electron chi connectivity index (χ4n) is 11.0. The monoisotopic (exact) mass is 1290 g/mol. The molecule has 8 N–H and O–H groups in total. The normalized spacial score (nSPS) is 11.2. The molecule has 88 heavy (non-hydrogen) atoms. The van der Waals surface area contributed by atoms with Crippen LogP contribution in [0.5, 0.6) is 20.3 Å². The number of benzene rings is 8. The van der Waals surface area contributed by atoms with E-state index in [9.17, 15) is 40.1 Å². The molecule has 0 saturated heterocycles. The zero-order chi connectivity index (χ0) is 60.9. The Morgan fingerprint density at radius 3 is 1.07 bits per heavy atom. The number of H-pyrrole nitrogens is 4. The molecular weight excluding hydrogens is 1250 g/mol. The molecule has 22 heteroatoms. The standard InChI is InChI=1S/C17H9N3O2S.C17H12N2O2S.C16H9BrN2O2S.C16H10N2O2S/c1-18-9-6-7-12-11(8-9)15(20-22)16(19-12)14-10-4-2-3-5-13(10)23-17(14)21;1-9-6-7-12-11(8-9)15(19-21)16(18-12)14-10-4-2-3-5-13(10)22-17(14)20;17-8-5-6-11-10(7-8)14(19-21)15(18-11)13-9-3-1-2-4-12(9)22-16(13)20;19-16-13(10-6-2-4-8-12(10)21-16)15-14(18-20)9-5-1-3-7-11(9)17-15/h2-8,19,21H;2-8,18,20H,1H3;1-7,18,20H;1-8,17,19H. The molecule has 0 saturated carbocycles. The quantitative estimate of drug-likeness (QED) is 0.0534. The Labute approximate surface area is 520 Å². The van der Waals surface area contributed by atoms with Crippen LogP contribution in [0.15, 0.2) is 201 Å². The fraction of sp³-hybridized carbons (Fsp3) is 0.0152. The Bertz CT molecular complexity index is 5360. The molecule has 0 aliphatic carbocycles. The molecule has 0 radical (unpaired) electrons. The molecule has 0 aliphatic heterocycles. The first kappa shape index (κ1) is 56.5. The van der Waals surface area contributed by atoms with E-state index in [1.54, 1.807) is 18.2 Å². The van der Waals surface area contributed by atoms with Gasteiger partial charge in [-0.2, -0.15) is 0 Å². The van der Waals surface area contributed by atoms with Crippen molar-refractivity contribution in [2.45, 2.75) is 6.92 Å². The summed E-state index contributed by atoms with van der Waals surface area (Å²) in [5.74, 6) is 0. The molecule has 16 rings (SSSR count). The average Bonchev–Trinajstić information content (AvgIpc) is 2.51. The third-order valence-electron chi connectivity index (χ3n) is 14.9. The summed E-state index contributed by atoms with van der Waals surface area (Å²) in [5.41, 5.74) is 10.5. The summed E-state index contributed by atoms with van der Waals surface area (Å²) < 4.78 is 4.71. The predicted octanol–water partition coefficient (Wildman–Crippen LogP) is 22.2. The highest BCUT2D eigenvalue weighted by Gasteiger charge is 2.26. The van der Waals surface area contributed by atoms with Crippen LogP contribution in [0.2, 0.25) is 0 Å². The van der Waals surface area contributed by atoms with Crippen molar-refractivity contribution in [3.8, 4) is 65.3 Å². The number of hydrogen-bond acceptors (Lipinski definition) is 16. The lowest BCUT2D eigenvalue weighted by Crippen LogP contribution is -1.76. The van der Waals surface area contributed by atoms with Crippen molar-refractivity contribution in [2.75, 3.05) is 0 Å². The Morgan fingerprint density at radius 2 is 0.682 bits per heavy atom. The molecule has 8 aromatic heterocycles. The van der Waals surface area contributed by atoms with Gasteiger partial charge in [-0.3, -0.25) is 0 Å². The number of aromatic nitrogens is 4. The number of aromatic amines is 4. The third kappa shape index (κ3) is 9.87. The Kier molecular flexibility index (Phi) is 15.0. The van der Waals surface area contributed by atoms with E-state index in [4.69, 9.17) is 6.57 Å².